The van der Waals surface area contributed by atoms with Gasteiger partial charge in [0, 0.05) is 22.5 Å². The Hall–Kier alpha value is -4.00. The molecule has 0 amide bonds. The Morgan fingerprint density at radius 2 is 1.42 bits per heavy atom. The van der Waals surface area contributed by atoms with Crippen molar-refractivity contribution in [3.63, 3.8) is 0 Å². The van der Waals surface area contributed by atoms with Gasteiger partial charge in [-0.2, -0.15) is 13.2 Å². The summed E-state index contributed by atoms with van der Waals surface area (Å²) in [6.07, 6.45) is 5.75. The van der Waals surface area contributed by atoms with E-state index in [-0.39, 0.29) is 5.78 Å². The molecular formula is C43H51ClF3NOS. The molecule has 0 saturated heterocycles. The summed E-state index contributed by atoms with van der Waals surface area (Å²) in [7, 11) is 0. The standard InChI is InChI=1S/C23H27NOS.C14H13Cl.C4H5F3.C2H6/c1-6-20(7-2)13-22-15-24(14-19(5)25)23(12-18(22)4)26-16-21-10-8-17(3)9-11-21;1-2-11-3-5-12(6-4-11)13-7-9-14(15)10-8-13;1-3(2)4(5,6)7;1-2/h6-12,15H,1,4,13-14,16H2,2-3,5H3;3-10H,2H2,1H3;1H2,2H3;1-2H3/b20-7+;;;. The number of Topliss-reactive ketones (excluding diaryl/α,β-unsaturated/α-hetero) is 1. The number of alkyl halides is 3. The van der Waals surface area contributed by atoms with Crippen molar-refractivity contribution in [1.29, 1.82) is 0 Å². The lowest BCUT2D eigenvalue weighted by molar-refractivity contribution is -0.117. The van der Waals surface area contributed by atoms with Gasteiger partial charge in [0.15, 0.2) is 0 Å². The van der Waals surface area contributed by atoms with Gasteiger partial charge in [-0.15, -0.1) is 11.8 Å². The third kappa shape index (κ3) is 16.1. The Morgan fingerprint density at radius 3 is 1.86 bits per heavy atom. The van der Waals surface area contributed by atoms with Crippen LogP contribution in [0.4, 0.5) is 13.2 Å². The normalized spacial score (nSPS) is 12.5. The van der Waals surface area contributed by atoms with E-state index in [9.17, 15) is 18.0 Å². The molecule has 0 N–H and O–H groups in total. The minimum Gasteiger partial charge on any atom is -0.335 e. The van der Waals surface area contributed by atoms with Crippen molar-refractivity contribution in [3.8, 4) is 11.1 Å². The number of nitrogens with zero attached hydrogens (tertiary/aromatic N) is 1. The van der Waals surface area contributed by atoms with Crippen molar-refractivity contribution in [2.45, 2.75) is 73.2 Å². The molecular weight excluding hydrogens is 671 g/mol. The van der Waals surface area contributed by atoms with Crippen LogP contribution in [-0.4, -0.2) is 23.4 Å². The molecule has 0 aliphatic carbocycles. The number of aryl methyl sites for hydroxylation is 2. The number of allylic oxidation sites excluding steroid dienone is 7. The second-order valence-corrected chi connectivity index (χ2v) is 12.8. The molecule has 0 fully saturated rings. The van der Waals surface area contributed by atoms with Gasteiger partial charge in [0.1, 0.15) is 5.78 Å². The van der Waals surface area contributed by atoms with E-state index in [2.05, 4.69) is 100 Å². The molecule has 7 heteroatoms. The Balaban J connectivity index is 0.000000436. The van der Waals surface area contributed by atoms with E-state index in [1.165, 1.54) is 27.8 Å². The van der Waals surface area contributed by atoms with Crippen LogP contribution >= 0.6 is 23.4 Å². The van der Waals surface area contributed by atoms with E-state index in [4.69, 9.17) is 11.6 Å². The molecule has 4 rings (SSSR count). The van der Waals surface area contributed by atoms with Crippen LogP contribution in [0, 0.1) is 6.92 Å². The van der Waals surface area contributed by atoms with Crippen molar-refractivity contribution in [3.05, 3.63) is 166 Å². The summed E-state index contributed by atoms with van der Waals surface area (Å²) < 4.78 is 33.2. The summed E-state index contributed by atoms with van der Waals surface area (Å²) in [6.45, 7) is 24.0. The van der Waals surface area contributed by atoms with Crippen molar-refractivity contribution in [2.24, 2.45) is 0 Å². The van der Waals surface area contributed by atoms with Gasteiger partial charge in [0.2, 0.25) is 0 Å². The van der Waals surface area contributed by atoms with Gasteiger partial charge < -0.3 is 4.90 Å². The molecule has 0 atom stereocenters. The summed E-state index contributed by atoms with van der Waals surface area (Å²) in [5, 5.41) is 1.85. The summed E-state index contributed by atoms with van der Waals surface area (Å²) in [4.78, 5) is 13.8. The monoisotopic (exact) mass is 721 g/mol. The maximum absolute atomic E-state index is 11.7. The zero-order chi connectivity index (χ0) is 37.9. The highest BCUT2D eigenvalue weighted by atomic mass is 35.5. The zero-order valence-corrected chi connectivity index (χ0v) is 32.0. The van der Waals surface area contributed by atoms with E-state index >= 15 is 0 Å². The topological polar surface area (TPSA) is 20.3 Å². The Labute approximate surface area is 307 Å². The van der Waals surface area contributed by atoms with Gasteiger partial charge in [-0.05, 0) is 97.7 Å². The minimum absolute atomic E-state index is 0.143. The fraction of sp³-hybridized carbons (Fsp3) is 0.279. The molecule has 2 nitrogen and oxygen atoms in total. The van der Waals surface area contributed by atoms with Gasteiger partial charge in [0.05, 0.1) is 11.6 Å². The van der Waals surface area contributed by atoms with Gasteiger partial charge >= 0.3 is 6.18 Å². The quantitative estimate of drug-likeness (QED) is 0.154. The van der Waals surface area contributed by atoms with Crippen molar-refractivity contribution < 1.29 is 18.0 Å². The molecule has 3 aromatic carbocycles. The number of ketones is 1. The van der Waals surface area contributed by atoms with E-state index < -0.39 is 11.7 Å². The molecule has 3 aromatic rings. The van der Waals surface area contributed by atoms with Crippen molar-refractivity contribution in [2.75, 3.05) is 6.54 Å². The van der Waals surface area contributed by atoms with Gasteiger partial charge in [-0.3, -0.25) is 4.79 Å². The molecule has 268 valence electrons. The third-order valence-corrected chi connectivity index (χ3v) is 8.63. The number of rotatable bonds is 10. The molecule has 50 heavy (non-hydrogen) atoms. The number of carbonyl (C=O) groups is 1. The Kier molecular flexibility index (Phi) is 20.0. The molecule has 0 spiro atoms. The SMILES string of the molecule is C=C(C)C(F)(F)F.C=C/C(=C\C)CC1=CN(CC(C)=O)C(SCc2ccc(C)cc2)=CC1=C.CC.CCc1ccc(-c2ccc(Cl)cc2)cc1. The number of hydrogen-bond donors (Lipinski definition) is 0. The molecule has 1 aliphatic rings. The fourth-order valence-corrected chi connectivity index (χ4v) is 5.38. The van der Waals surface area contributed by atoms with Crippen LogP contribution in [0.5, 0.6) is 0 Å². The van der Waals surface area contributed by atoms with Crippen molar-refractivity contribution >= 4 is 29.1 Å². The molecule has 0 radical (unpaired) electrons. The Morgan fingerprint density at radius 1 is 0.920 bits per heavy atom. The lowest BCUT2D eigenvalue weighted by Crippen LogP contribution is -2.25. The first-order valence-corrected chi connectivity index (χ1v) is 17.9. The second kappa shape index (κ2) is 22.7. The number of carbonyl (C=O) groups excluding carboxylic acids is 1. The Bertz CT molecular complexity index is 1630. The van der Waals surface area contributed by atoms with Gasteiger partial charge in [0.25, 0.3) is 0 Å². The minimum atomic E-state index is -4.19. The lowest BCUT2D eigenvalue weighted by atomic mass is 9.98. The number of hydrogen-bond acceptors (Lipinski definition) is 3. The summed E-state index contributed by atoms with van der Waals surface area (Å²) >= 11 is 7.58. The zero-order valence-electron chi connectivity index (χ0n) is 30.5. The van der Waals surface area contributed by atoms with E-state index in [1.54, 1.807) is 18.7 Å². The van der Waals surface area contributed by atoms with Gasteiger partial charge in [-0.1, -0.05) is 130 Å². The predicted octanol–water partition coefficient (Wildman–Crippen LogP) is 13.7. The first-order valence-electron chi connectivity index (χ1n) is 16.6. The predicted molar refractivity (Wildman–Crippen MR) is 212 cm³/mol. The van der Waals surface area contributed by atoms with Gasteiger partial charge in [-0.25, -0.2) is 0 Å². The number of thioether (sulfide) groups is 1. The summed E-state index contributed by atoms with van der Waals surface area (Å²) in [5.74, 6) is 1.01. The average molecular weight is 722 g/mol. The molecule has 0 aromatic heterocycles. The maximum atomic E-state index is 11.7. The molecule has 1 aliphatic heterocycles. The summed E-state index contributed by atoms with van der Waals surface area (Å²) in [5.41, 5.74) is 8.87. The highest BCUT2D eigenvalue weighted by Crippen LogP contribution is 2.34. The highest BCUT2D eigenvalue weighted by Gasteiger charge is 2.27. The first kappa shape index (κ1) is 44.0. The molecule has 0 unspecified atom stereocenters. The van der Waals surface area contributed by atoms with Crippen LogP contribution in [0.1, 0.15) is 64.7 Å². The largest absolute Gasteiger partial charge is 0.411 e. The van der Waals surface area contributed by atoms with Crippen molar-refractivity contribution in [1.82, 2.24) is 4.90 Å². The molecule has 0 bridgehead atoms. The van der Waals surface area contributed by atoms with Crippen LogP contribution in [-0.2, 0) is 17.0 Å². The first-order chi connectivity index (χ1) is 23.7. The van der Waals surface area contributed by atoms with E-state index in [0.717, 1.165) is 52.3 Å². The van der Waals surface area contributed by atoms with E-state index in [0.29, 0.717) is 6.54 Å². The molecule has 0 saturated carbocycles. The smallest absolute Gasteiger partial charge is 0.335 e. The van der Waals surface area contributed by atoms with E-state index in [1.807, 2.05) is 56.0 Å². The molecule has 1 heterocycles. The lowest BCUT2D eigenvalue weighted by Gasteiger charge is -2.28. The number of benzene rings is 3. The average Bonchev–Trinajstić information content (AvgIpc) is 3.09. The highest BCUT2D eigenvalue weighted by molar-refractivity contribution is 8.02. The fourth-order valence-electron chi connectivity index (χ4n) is 4.24. The maximum Gasteiger partial charge on any atom is 0.411 e. The van der Waals surface area contributed by atoms with Crippen LogP contribution in [0.15, 0.2) is 144 Å². The number of halogens is 4. The van der Waals surface area contributed by atoms with Crippen LogP contribution in [0.2, 0.25) is 5.02 Å². The van der Waals surface area contributed by atoms with Crippen LogP contribution in [0.3, 0.4) is 0 Å². The third-order valence-electron chi connectivity index (χ3n) is 7.26. The van der Waals surface area contributed by atoms with Crippen LogP contribution < -0.4 is 0 Å². The van der Waals surface area contributed by atoms with Crippen LogP contribution in [0.25, 0.3) is 11.1 Å². The second-order valence-electron chi connectivity index (χ2n) is 11.3. The summed E-state index contributed by atoms with van der Waals surface area (Å²) in [6, 6.07) is 25.1.